The summed E-state index contributed by atoms with van der Waals surface area (Å²) < 4.78 is 0. The number of carbonyl (C=O) groups excluding carboxylic acids is 1. The maximum atomic E-state index is 12.2. The summed E-state index contributed by atoms with van der Waals surface area (Å²) in [4.78, 5) is 26.1. The minimum atomic E-state index is -0.880. The number of carbonyl (C=O) groups is 2. The number of thioether (sulfide) groups is 1. The molecule has 114 valence electrons. The molecule has 1 aliphatic heterocycles. The van der Waals surface area contributed by atoms with E-state index in [9.17, 15) is 14.7 Å². The van der Waals surface area contributed by atoms with E-state index in [2.05, 4.69) is 12.1 Å². The topological polar surface area (TPSA) is 57.6 Å². The van der Waals surface area contributed by atoms with E-state index >= 15 is 0 Å². The van der Waals surface area contributed by atoms with Crippen LogP contribution in [0.25, 0.3) is 0 Å². The molecular formula is C16H21NO3S. The van der Waals surface area contributed by atoms with Crippen molar-refractivity contribution < 1.29 is 14.7 Å². The number of nitrogens with zero attached hydrogens (tertiary/aromatic N) is 1. The molecule has 1 aromatic rings. The molecule has 1 atom stereocenters. The van der Waals surface area contributed by atoms with E-state index in [1.807, 2.05) is 19.1 Å². The predicted octanol–water partition coefficient (Wildman–Crippen LogP) is 2.94. The van der Waals surface area contributed by atoms with Gasteiger partial charge in [0.05, 0.1) is 0 Å². The third-order valence-corrected chi connectivity index (χ3v) is 4.73. The number of likely N-dealkylation sites (tertiary alicyclic amines) is 1. The fourth-order valence-corrected chi connectivity index (χ4v) is 3.36. The SMILES string of the molecule is Cc1ccc(SCCC(=O)N2CCCCC2C(=O)O)cc1. The summed E-state index contributed by atoms with van der Waals surface area (Å²) in [6.45, 7) is 2.62. The van der Waals surface area contributed by atoms with Crippen molar-refractivity contribution in [3.05, 3.63) is 29.8 Å². The molecule has 1 aliphatic rings. The molecule has 0 aromatic heterocycles. The number of aryl methyl sites for hydroxylation is 1. The van der Waals surface area contributed by atoms with Crippen molar-refractivity contribution in [3.8, 4) is 0 Å². The van der Waals surface area contributed by atoms with Gasteiger partial charge in [0, 0.05) is 23.6 Å². The second-order valence-electron chi connectivity index (χ2n) is 5.35. The zero-order chi connectivity index (χ0) is 15.2. The second kappa shape index (κ2) is 7.50. The van der Waals surface area contributed by atoms with Gasteiger partial charge in [-0.05, 0) is 38.3 Å². The molecule has 1 N–H and O–H groups in total. The number of amides is 1. The molecule has 1 aromatic carbocycles. The molecule has 0 aliphatic carbocycles. The zero-order valence-corrected chi connectivity index (χ0v) is 13.1. The van der Waals surface area contributed by atoms with Gasteiger partial charge in [0.2, 0.25) is 5.91 Å². The van der Waals surface area contributed by atoms with Gasteiger partial charge in [-0.1, -0.05) is 17.7 Å². The lowest BCUT2D eigenvalue weighted by Crippen LogP contribution is -2.48. The van der Waals surface area contributed by atoms with E-state index in [4.69, 9.17) is 0 Å². The van der Waals surface area contributed by atoms with Crippen LogP contribution >= 0.6 is 11.8 Å². The van der Waals surface area contributed by atoms with Gasteiger partial charge < -0.3 is 10.0 Å². The van der Waals surface area contributed by atoms with Crippen LogP contribution in [0.5, 0.6) is 0 Å². The van der Waals surface area contributed by atoms with Gasteiger partial charge in [-0.25, -0.2) is 4.79 Å². The Morgan fingerprint density at radius 2 is 2.00 bits per heavy atom. The summed E-state index contributed by atoms with van der Waals surface area (Å²) >= 11 is 1.64. The molecule has 1 saturated heterocycles. The lowest BCUT2D eigenvalue weighted by atomic mass is 10.0. The van der Waals surface area contributed by atoms with E-state index in [1.165, 1.54) is 5.56 Å². The maximum Gasteiger partial charge on any atom is 0.326 e. The van der Waals surface area contributed by atoms with Crippen LogP contribution in [-0.4, -0.2) is 40.2 Å². The number of benzene rings is 1. The first-order chi connectivity index (χ1) is 10.1. The highest BCUT2D eigenvalue weighted by Crippen LogP contribution is 2.22. The first kappa shape index (κ1) is 15.9. The number of rotatable bonds is 5. The van der Waals surface area contributed by atoms with Crippen molar-refractivity contribution >= 4 is 23.6 Å². The third kappa shape index (κ3) is 4.49. The molecule has 2 rings (SSSR count). The second-order valence-corrected chi connectivity index (χ2v) is 6.52. The van der Waals surface area contributed by atoms with Gasteiger partial charge in [-0.15, -0.1) is 11.8 Å². The number of aliphatic carboxylic acids is 1. The van der Waals surface area contributed by atoms with Gasteiger partial charge in [-0.2, -0.15) is 0 Å². The van der Waals surface area contributed by atoms with Crippen molar-refractivity contribution in [2.45, 2.75) is 43.5 Å². The van der Waals surface area contributed by atoms with Crippen molar-refractivity contribution in [2.75, 3.05) is 12.3 Å². The fourth-order valence-electron chi connectivity index (χ4n) is 2.52. The molecule has 1 fully saturated rings. The monoisotopic (exact) mass is 307 g/mol. The number of piperidine rings is 1. The summed E-state index contributed by atoms with van der Waals surface area (Å²) in [6.07, 6.45) is 2.76. The van der Waals surface area contributed by atoms with Crippen LogP contribution in [0.4, 0.5) is 0 Å². The first-order valence-corrected chi connectivity index (χ1v) is 8.28. The molecule has 4 nitrogen and oxygen atoms in total. The molecular weight excluding hydrogens is 286 g/mol. The number of hydrogen-bond donors (Lipinski definition) is 1. The van der Waals surface area contributed by atoms with Gasteiger partial charge in [0.15, 0.2) is 0 Å². The Kier molecular flexibility index (Phi) is 5.67. The average molecular weight is 307 g/mol. The van der Waals surface area contributed by atoms with Crippen LogP contribution in [-0.2, 0) is 9.59 Å². The van der Waals surface area contributed by atoms with E-state index in [0.717, 1.165) is 17.7 Å². The minimum Gasteiger partial charge on any atom is -0.480 e. The molecule has 0 saturated carbocycles. The molecule has 1 unspecified atom stereocenters. The quantitative estimate of drug-likeness (QED) is 0.850. The summed E-state index contributed by atoms with van der Waals surface area (Å²) in [5, 5.41) is 9.19. The lowest BCUT2D eigenvalue weighted by molar-refractivity contribution is -0.151. The largest absolute Gasteiger partial charge is 0.480 e. The van der Waals surface area contributed by atoms with Crippen molar-refractivity contribution in [2.24, 2.45) is 0 Å². The molecule has 21 heavy (non-hydrogen) atoms. The third-order valence-electron chi connectivity index (χ3n) is 3.71. The molecule has 1 heterocycles. The molecule has 5 heteroatoms. The molecule has 0 bridgehead atoms. The summed E-state index contributed by atoms with van der Waals surface area (Å²) in [5.41, 5.74) is 1.22. The van der Waals surface area contributed by atoms with Crippen LogP contribution in [0, 0.1) is 6.92 Å². The van der Waals surface area contributed by atoms with Crippen LogP contribution < -0.4 is 0 Å². The van der Waals surface area contributed by atoms with Crippen molar-refractivity contribution in [1.29, 1.82) is 0 Å². The highest BCUT2D eigenvalue weighted by atomic mass is 32.2. The van der Waals surface area contributed by atoms with Crippen LogP contribution in [0.3, 0.4) is 0 Å². The van der Waals surface area contributed by atoms with Gasteiger partial charge in [-0.3, -0.25) is 4.79 Å². The fraction of sp³-hybridized carbons (Fsp3) is 0.500. The lowest BCUT2D eigenvalue weighted by Gasteiger charge is -2.33. The number of carboxylic acid groups (broad SMARTS) is 1. The normalized spacial score (nSPS) is 18.5. The van der Waals surface area contributed by atoms with Crippen LogP contribution in [0.2, 0.25) is 0 Å². The highest BCUT2D eigenvalue weighted by Gasteiger charge is 2.31. The Bertz CT molecular complexity index is 501. The molecule has 1 amide bonds. The number of hydrogen-bond acceptors (Lipinski definition) is 3. The van der Waals surface area contributed by atoms with Crippen LogP contribution in [0.15, 0.2) is 29.2 Å². The summed E-state index contributed by atoms with van der Waals surface area (Å²) in [5.74, 6) is -0.235. The Balaban J connectivity index is 1.83. The standard InChI is InChI=1S/C16H21NO3S/c1-12-5-7-13(8-6-12)21-11-9-15(18)17-10-3-2-4-14(17)16(19)20/h5-8,14H,2-4,9-11H2,1H3,(H,19,20). The van der Waals surface area contributed by atoms with E-state index < -0.39 is 12.0 Å². The number of carboxylic acids is 1. The van der Waals surface area contributed by atoms with Gasteiger partial charge >= 0.3 is 5.97 Å². The van der Waals surface area contributed by atoms with E-state index in [-0.39, 0.29) is 5.91 Å². The van der Waals surface area contributed by atoms with Crippen molar-refractivity contribution in [3.63, 3.8) is 0 Å². The molecule has 0 radical (unpaired) electrons. The minimum absolute atomic E-state index is 0.0401. The van der Waals surface area contributed by atoms with Gasteiger partial charge in [0.25, 0.3) is 0 Å². The van der Waals surface area contributed by atoms with E-state index in [0.29, 0.717) is 25.1 Å². The first-order valence-electron chi connectivity index (χ1n) is 7.29. The van der Waals surface area contributed by atoms with Crippen LogP contribution in [0.1, 0.15) is 31.2 Å². The Labute approximate surface area is 129 Å². The highest BCUT2D eigenvalue weighted by molar-refractivity contribution is 7.99. The zero-order valence-electron chi connectivity index (χ0n) is 12.2. The van der Waals surface area contributed by atoms with Crippen molar-refractivity contribution in [1.82, 2.24) is 4.90 Å². The Hall–Kier alpha value is -1.49. The Morgan fingerprint density at radius 1 is 1.29 bits per heavy atom. The van der Waals surface area contributed by atoms with E-state index in [1.54, 1.807) is 16.7 Å². The smallest absolute Gasteiger partial charge is 0.326 e. The average Bonchev–Trinajstić information content (AvgIpc) is 2.49. The summed E-state index contributed by atoms with van der Waals surface area (Å²) in [7, 11) is 0. The predicted molar refractivity (Wildman–Crippen MR) is 83.5 cm³/mol. The molecule has 0 spiro atoms. The Morgan fingerprint density at radius 3 is 2.67 bits per heavy atom. The summed E-state index contributed by atoms with van der Waals surface area (Å²) in [6, 6.07) is 7.57. The maximum absolute atomic E-state index is 12.2. The van der Waals surface area contributed by atoms with Gasteiger partial charge in [0.1, 0.15) is 6.04 Å².